The third kappa shape index (κ3) is 3.05. The lowest BCUT2D eigenvalue weighted by atomic mass is 9.75. The summed E-state index contributed by atoms with van der Waals surface area (Å²) in [5.74, 6) is 0.586. The maximum Gasteiger partial charge on any atom is 0.380 e. The highest BCUT2D eigenvalue weighted by atomic mass is 16.5. The van der Waals surface area contributed by atoms with Crippen molar-refractivity contribution >= 4 is 22.6 Å². The summed E-state index contributed by atoms with van der Waals surface area (Å²) in [6.07, 6.45) is 1.27. The van der Waals surface area contributed by atoms with Gasteiger partial charge < -0.3 is 14.4 Å². The molecule has 0 saturated carbocycles. The van der Waals surface area contributed by atoms with Gasteiger partial charge in [0.15, 0.2) is 5.75 Å². The predicted octanol–water partition coefficient (Wildman–Crippen LogP) is 4.81. The van der Waals surface area contributed by atoms with Crippen LogP contribution < -0.4 is 4.74 Å². The van der Waals surface area contributed by atoms with Gasteiger partial charge in [-0.2, -0.15) is 0 Å². The molecule has 0 aliphatic heterocycles. The van der Waals surface area contributed by atoms with Gasteiger partial charge in [-0.15, -0.1) is 0 Å². The van der Waals surface area contributed by atoms with Crippen LogP contribution in [0.4, 0.5) is 0 Å². The third-order valence-electron chi connectivity index (χ3n) is 5.12. The molecule has 0 unspecified atom stereocenters. The summed E-state index contributed by atoms with van der Waals surface area (Å²) in [6, 6.07) is 9.31. The maximum absolute atomic E-state index is 12.9. The Kier molecular flexibility index (Phi) is 4.22. The first-order valence-corrected chi connectivity index (χ1v) is 9.21. The van der Waals surface area contributed by atoms with E-state index < -0.39 is 5.97 Å². The molecule has 2 aromatic heterocycles. The Labute approximate surface area is 162 Å². The van der Waals surface area contributed by atoms with Crippen molar-refractivity contribution < 1.29 is 19.2 Å². The monoisotopic (exact) mass is 378 g/mol. The molecule has 2 heterocycles. The van der Waals surface area contributed by atoms with Gasteiger partial charge >= 0.3 is 5.97 Å². The van der Waals surface area contributed by atoms with Gasteiger partial charge in [0.1, 0.15) is 11.3 Å². The number of furan rings is 1. The van der Waals surface area contributed by atoms with Crippen molar-refractivity contribution in [3.63, 3.8) is 0 Å². The molecule has 0 radical (unpaired) electrons. The molecule has 1 N–H and O–H groups in total. The summed E-state index contributed by atoms with van der Waals surface area (Å²) >= 11 is 0. The molecule has 6 nitrogen and oxygen atoms in total. The predicted molar refractivity (Wildman–Crippen MR) is 105 cm³/mol. The van der Waals surface area contributed by atoms with Crippen molar-refractivity contribution in [2.45, 2.75) is 40.5 Å². The molecular formula is C22H22N2O4. The number of hydrogen-bond donors (Lipinski definition) is 1. The number of nitrogens with zero attached hydrogens (tertiary/aromatic N) is 2. The van der Waals surface area contributed by atoms with Crippen LogP contribution in [0.25, 0.3) is 10.9 Å². The van der Waals surface area contributed by atoms with Gasteiger partial charge in [-0.3, -0.25) is 0 Å². The molecule has 0 bridgehead atoms. The van der Waals surface area contributed by atoms with E-state index in [0.29, 0.717) is 46.7 Å². The van der Waals surface area contributed by atoms with Crippen LogP contribution in [0.5, 0.6) is 5.75 Å². The van der Waals surface area contributed by atoms with E-state index in [-0.39, 0.29) is 11.2 Å². The average Bonchev–Trinajstić information content (AvgIpc) is 2.96. The zero-order valence-corrected chi connectivity index (χ0v) is 16.4. The number of ether oxygens (including phenoxy) is 1. The van der Waals surface area contributed by atoms with Gasteiger partial charge in [0.25, 0.3) is 0 Å². The molecule has 1 aliphatic carbocycles. The Balaban J connectivity index is 1.73. The van der Waals surface area contributed by atoms with Gasteiger partial charge in [0.05, 0.1) is 5.71 Å². The smallest absolute Gasteiger partial charge is 0.380 e. The quantitative estimate of drug-likeness (QED) is 0.299. The second-order valence-electron chi connectivity index (χ2n) is 8.09. The molecule has 0 atom stereocenters. The number of fused-ring (bicyclic) bond motifs is 2. The molecule has 0 amide bonds. The molecule has 28 heavy (non-hydrogen) atoms. The van der Waals surface area contributed by atoms with E-state index in [4.69, 9.17) is 9.15 Å². The molecule has 1 aromatic carbocycles. The van der Waals surface area contributed by atoms with E-state index in [0.717, 1.165) is 11.1 Å². The number of para-hydroxylation sites is 1. The number of rotatable bonds is 2. The molecule has 4 rings (SSSR count). The highest BCUT2D eigenvalue weighted by Crippen LogP contribution is 2.39. The summed E-state index contributed by atoms with van der Waals surface area (Å²) in [5.41, 5.74) is 3.23. The Morgan fingerprint density at radius 3 is 2.75 bits per heavy atom. The largest absolute Gasteiger partial charge is 0.453 e. The minimum absolute atomic E-state index is 0.114. The van der Waals surface area contributed by atoms with Gasteiger partial charge in [-0.05, 0) is 37.8 Å². The normalized spacial score (nSPS) is 16.9. The van der Waals surface area contributed by atoms with Crippen LogP contribution in [0.1, 0.15) is 53.4 Å². The number of pyridine rings is 1. The minimum Gasteiger partial charge on any atom is -0.453 e. The number of benzene rings is 1. The van der Waals surface area contributed by atoms with Crippen LogP contribution in [-0.4, -0.2) is 21.9 Å². The Morgan fingerprint density at radius 2 is 2.00 bits per heavy atom. The lowest BCUT2D eigenvalue weighted by Crippen LogP contribution is -2.27. The first-order chi connectivity index (χ1) is 13.3. The molecule has 6 heteroatoms. The first-order valence-electron chi connectivity index (χ1n) is 9.21. The fourth-order valence-corrected chi connectivity index (χ4v) is 3.84. The standard InChI is InChI=1S/C22H22N2O4/c1-12-8-9-14-6-5-7-16(19(14)23-12)28-21(25)20-13(2)18-15(24-26)10-22(3,4)11-17(18)27-20/h5-9,26H,10-11H2,1-4H3/b24-15-. The van der Waals surface area contributed by atoms with Crippen LogP contribution in [0.15, 0.2) is 39.9 Å². The van der Waals surface area contributed by atoms with E-state index in [1.54, 1.807) is 13.0 Å². The van der Waals surface area contributed by atoms with Crippen LogP contribution in [-0.2, 0) is 6.42 Å². The second kappa shape index (κ2) is 6.48. The number of carbonyl (C=O) groups is 1. The van der Waals surface area contributed by atoms with E-state index in [1.165, 1.54) is 0 Å². The number of esters is 1. The summed E-state index contributed by atoms with van der Waals surface area (Å²) < 4.78 is 11.5. The van der Waals surface area contributed by atoms with E-state index in [9.17, 15) is 10.0 Å². The summed E-state index contributed by atoms with van der Waals surface area (Å²) in [5, 5.41) is 13.8. The zero-order valence-electron chi connectivity index (χ0n) is 16.4. The summed E-state index contributed by atoms with van der Waals surface area (Å²) in [6.45, 7) is 7.82. The van der Waals surface area contributed by atoms with Crippen LogP contribution in [0.3, 0.4) is 0 Å². The molecular weight excluding hydrogens is 356 g/mol. The van der Waals surface area contributed by atoms with Gasteiger partial charge in [-0.1, -0.05) is 37.2 Å². The number of aryl methyl sites for hydroxylation is 1. The number of carbonyl (C=O) groups excluding carboxylic acids is 1. The van der Waals surface area contributed by atoms with Crippen LogP contribution in [0.2, 0.25) is 0 Å². The minimum atomic E-state index is -0.585. The average molecular weight is 378 g/mol. The van der Waals surface area contributed by atoms with Crippen molar-refractivity contribution in [2.75, 3.05) is 0 Å². The lowest BCUT2D eigenvalue weighted by Gasteiger charge is -2.28. The van der Waals surface area contributed by atoms with Crippen molar-refractivity contribution in [1.82, 2.24) is 4.98 Å². The Morgan fingerprint density at radius 1 is 1.21 bits per heavy atom. The molecule has 144 valence electrons. The van der Waals surface area contributed by atoms with Crippen LogP contribution >= 0.6 is 0 Å². The SMILES string of the molecule is Cc1ccc2cccc(OC(=O)c3oc4c(c3C)/C(=N\O)CC(C)(C)C4)c2n1. The van der Waals surface area contributed by atoms with Gasteiger partial charge in [0, 0.05) is 28.6 Å². The van der Waals surface area contributed by atoms with Gasteiger partial charge in [-0.25, -0.2) is 9.78 Å². The molecule has 0 saturated heterocycles. The van der Waals surface area contributed by atoms with Crippen molar-refractivity contribution in [3.05, 3.63) is 58.7 Å². The summed E-state index contributed by atoms with van der Waals surface area (Å²) in [4.78, 5) is 17.4. The van der Waals surface area contributed by atoms with Crippen LogP contribution in [0, 0.1) is 19.3 Å². The molecule has 3 aromatic rings. The zero-order chi connectivity index (χ0) is 20.1. The topological polar surface area (TPSA) is 84.9 Å². The lowest BCUT2D eigenvalue weighted by molar-refractivity contribution is 0.0699. The van der Waals surface area contributed by atoms with Crippen molar-refractivity contribution in [3.8, 4) is 5.75 Å². The van der Waals surface area contributed by atoms with Crippen molar-refractivity contribution in [2.24, 2.45) is 10.6 Å². The fraction of sp³-hybridized carbons (Fsp3) is 0.318. The highest BCUT2D eigenvalue weighted by Gasteiger charge is 2.36. The molecule has 0 spiro atoms. The first kappa shape index (κ1) is 18.2. The molecule has 1 aliphatic rings. The fourth-order valence-electron chi connectivity index (χ4n) is 3.84. The highest BCUT2D eigenvalue weighted by molar-refractivity contribution is 6.06. The number of oxime groups is 1. The Bertz CT molecular complexity index is 1130. The summed E-state index contributed by atoms with van der Waals surface area (Å²) in [7, 11) is 0. The second-order valence-corrected chi connectivity index (χ2v) is 8.09. The van der Waals surface area contributed by atoms with E-state index in [1.807, 2.05) is 31.2 Å². The third-order valence-corrected chi connectivity index (χ3v) is 5.12. The Hall–Kier alpha value is -3.15. The maximum atomic E-state index is 12.9. The van der Waals surface area contributed by atoms with Crippen molar-refractivity contribution in [1.29, 1.82) is 0 Å². The van der Waals surface area contributed by atoms with Gasteiger partial charge in [0.2, 0.25) is 5.76 Å². The molecule has 0 fully saturated rings. The van der Waals surface area contributed by atoms with E-state index >= 15 is 0 Å². The van der Waals surface area contributed by atoms with E-state index in [2.05, 4.69) is 24.0 Å². The number of hydrogen-bond acceptors (Lipinski definition) is 6. The number of aromatic nitrogens is 1.